The molecule has 0 bridgehead atoms. The van der Waals surface area contributed by atoms with Crippen molar-refractivity contribution in [2.45, 2.75) is 6.54 Å². The Labute approximate surface area is 145 Å². The molecule has 0 amide bonds. The number of rotatable bonds is 3. The zero-order chi connectivity index (χ0) is 17.4. The number of methoxy groups -OCH3 is 2. The number of hydrogen-bond acceptors (Lipinski definition) is 5. The van der Waals surface area contributed by atoms with E-state index in [1.165, 1.54) is 0 Å². The lowest BCUT2D eigenvalue weighted by molar-refractivity contribution is 0.355. The first kappa shape index (κ1) is 15.1. The van der Waals surface area contributed by atoms with Gasteiger partial charge in [-0.3, -0.25) is 5.10 Å². The summed E-state index contributed by atoms with van der Waals surface area (Å²) in [5.41, 5.74) is 6.47. The van der Waals surface area contributed by atoms with E-state index >= 15 is 0 Å². The quantitative estimate of drug-likeness (QED) is 0.766. The van der Waals surface area contributed by atoms with E-state index in [1.807, 2.05) is 24.3 Å². The minimum absolute atomic E-state index is 0.627. The smallest absolute Gasteiger partial charge is 0.162 e. The lowest BCUT2D eigenvalue weighted by Crippen LogP contribution is -2.09. The Kier molecular flexibility index (Phi) is 3.55. The fourth-order valence-electron chi connectivity index (χ4n) is 3.12. The molecule has 1 aromatic heterocycles. The third-order valence-electron chi connectivity index (χ3n) is 4.38. The Bertz CT molecular complexity index is 984. The molecule has 0 radical (unpaired) electrons. The van der Waals surface area contributed by atoms with Gasteiger partial charge in [-0.15, -0.1) is 0 Å². The van der Waals surface area contributed by atoms with Gasteiger partial charge in [0.1, 0.15) is 5.69 Å². The van der Waals surface area contributed by atoms with Crippen molar-refractivity contribution in [2.75, 3.05) is 19.5 Å². The van der Waals surface area contributed by atoms with Crippen LogP contribution in [0.15, 0.2) is 36.4 Å². The summed E-state index contributed by atoms with van der Waals surface area (Å²) in [5.74, 6) is 1.35. The molecular formula is C19H16N4O2. The predicted molar refractivity (Wildman–Crippen MR) is 94.6 cm³/mol. The average Bonchev–Trinajstić information content (AvgIpc) is 3.11. The fourth-order valence-corrected chi connectivity index (χ4v) is 3.12. The van der Waals surface area contributed by atoms with Crippen LogP contribution in [0.3, 0.4) is 0 Å². The molecule has 0 atom stereocenters. The van der Waals surface area contributed by atoms with Crippen LogP contribution in [-0.2, 0) is 6.54 Å². The molecule has 6 heteroatoms. The Morgan fingerprint density at radius 2 is 1.80 bits per heavy atom. The van der Waals surface area contributed by atoms with Crippen molar-refractivity contribution in [3.05, 3.63) is 47.7 Å². The molecule has 4 rings (SSSR count). The largest absolute Gasteiger partial charge is 0.493 e. The normalized spacial score (nSPS) is 11.7. The van der Waals surface area contributed by atoms with Gasteiger partial charge in [-0.25, -0.2) is 0 Å². The molecule has 0 saturated carbocycles. The van der Waals surface area contributed by atoms with Crippen LogP contribution in [0.1, 0.15) is 11.3 Å². The highest BCUT2D eigenvalue weighted by atomic mass is 16.5. The van der Waals surface area contributed by atoms with E-state index in [0.717, 1.165) is 33.8 Å². The van der Waals surface area contributed by atoms with Gasteiger partial charge in [0.15, 0.2) is 11.5 Å². The molecule has 6 nitrogen and oxygen atoms in total. The molecule has 124 valence electrons. The fraction of sp³-hybridized carbons (Fsp3) is 0.158. The van der Waals surface area contributed by atoms with E-state index in [-0.39, 0.29) is 0 Å². The molecule has 25 heavy (non-hydrogen) atoms. The first-order chi connectivity index (χ1) is 12.2. The van der Waals surface area contributed by atoms with Crippen molar-refractivity contribution in [1.29, 1.82) is 5.26 Å². The van der Waals surface area contributed by atoms with E-state index in [2.05, 4.69) is 21.6 Å². The Balaban J connectivity index is 1.89. The monoisotopic (exact) mass is 332 g/mol. The van der Waals surface area contributed by atoms with Gasteiger partial charge in [0.25, 0.3) is 0 Å². The van der Waals surface area contributed by atoms with Crippen LogP contribution in [0.4, 0.5) is 5.69 Å². The molecule has 0 spiro atoms. The predicted octanol–water partition coefficient (Wildman–Crippen LogP) is 3.56. The Morgan fingerprint density at radius 1 is 1.08 bits per heavy atom. The Hall–Kier alpha value is -3.46. The number of ether oxygens (including phenoxy) is 2. The molecule has 1 aliphatic rings. The van der Waals surface area contributed by atoms with Crippen LogP contribution in [0.5, 0.6) is 11.5 Å². The maximum Gasteiger partial charge on any atom is 0.162 e. The minimum Gasteiger partial charge on any atom is -0.493 e. The van der Waals surface area contributed by atoms with E-state index in [1.54, 1.807) is 26.4 Å². The molecule has 1 aliphatic heterocycles. The van der Waals surface area contributed by atoms with Gasteiger partial charge in [0.05, 0.1) is 38.1 Å². The minimum atomic E-state index is 0.627. The topological polar surface area (TPSA) is 83.0 Å². The first-order valence-corrected chi connectivity index (χ1v) is 7.83. The summed E-state index contributed by atoms with van der Waals surface area (Å²) >= 11 is 0. The SMILES string of the molecule is COc1cc2c(cc1OC)-c1c(-c3ccc(C#N)cc3)n[nH]c1CN2. The Morgan fingerprint density at radius 3 is 2.48 bits per heavy atom. The zero-order valence-corrected chi connectivity index (χ0v) is 13.9. The average molecular weight is 332 g/mol. The second-order valence-corrected chi connectivity index (χ2v) is 5.72. The van der Waals surface area contributed by atoms with Gasteiger partial charge in [0.2, 0.25) is 0 Å². The molecule has 2 heterocycles. The zero-order valence-electron chi connectivity index (χ0n) is 13.9. The van der Waals surface area contributed by atoms with Gasteiger partial charge in [-0.05, 0) is 18.2 Å². The summed E-state index contributed by atoms with van der Waals surface area (Å²) < 4.78 is 10.8. The number of nitriles is 1. The second kappa shape index (κ2) is 5.87. The summed E-state index contributed by atoms with van der Waals surface area (Å²) in [5, 5.41) is 20.0. The molecule has 0 saturated heterocycles. The van der Waals surface area contributed by atoms with Crippen LogP contribution in [0.2, 0.25) is 0 Å². The number of fused-ring (bicyclic) bond motifs is 3. The summed E-state index contributed by atoms with van der Waals surface area (Å²) in [6.45, 7) is 0.654. The molecule has 0 fully saturated rings. The van der Waals surface area contributed by atoms with E-state index in [9.17, 15) is 0 Å². The van der Waals surface area contributed by atoms with Crippen molar-refractivity contribution in [1.82, 2.24) is 10.2 Å². The molecule has 0 aliphatic carbocycles. The summed E-state index contributed by atoms with van der Waals surface area (Å²) in [6.07, 6.45) is 0. The first-order valence-electron chi connectivity index (χ1n) is 7.83. The summed E-state index contributed by atoms with van der Waals surface area (Å²) in [4.78, 5) is 0. The number of benzene rings is 2. The van der Waals surface area contributed by atoms with Crippen LogP contribution >= 0.6 is 0 Å². The van der Waals surface area contributed by atoms with Crippen LogP contribution in [-0.4, -0.2) is 24.4 Å². The number of H-pyrrole nitrogens is 1. The molecule has 3 aromatic rings. The van der Waals surface area contributed by atoms with Crippen LogP contribution < -0.4 is 14.8 Å². The lowest BCUT2D eigenvalue weighted by atomic mass is 9.94. The highest BCUT2D eigenvalue weighted by molar-refractivity contribution is 5.92. The van der Waals surface area contributed by atoms with Crippen molar-refractivity contribution >= 4 is 5.69 Å². The van der Waals surface area contributed by atoms with Gasteiger partial charge >= 0.3 is 0 Å². The third kappa shape index (κ3) is 2.37. The van der Waals surface area contributed by atoms with Gasteiger partial charge < -0.3 is 14.8 Å². The maximum atomic E-state index is 8.98. The van der Waals surface area contributed by atoms with Crippen molar-refractivity contribution in [3.8, 4) is 40.0 Å². The molecule has 2 aromatic carbocycles. The number of nitrogens with one attached hydrogen (secondary N) is 2. The molecular weight excluding hydrogens is 316 g/mol. The number of hydrogen-bond donors (Lipinski definition) is 2. The number of aromatic nitrogens is 2. The second-order valence-electron chi connectivity index (χ2n) is 5.72. The van der Waals surface area contributed by atoms with E-state index in [0.29, 0.717) is 23.6 Å². The van der Waals surface area contributed by atoms with Crippen LogP contribution in [0, 0.1) is 11.3 Å². The van der Waals surface area contributed by atoms with E-state index in [4.69, 9.17) is 14.7 Å². The van der Waals surface area contributed by atoms with Gasteiger partial charge in [-0.2, -0.15) is 10.4 Å². The number of nitrogens with zero attached hydrogens (tertiary/aromatic N) is 2. The highest BCUT2D eigenvalue weighted by Crippen LogP contribution is 2.45. The molecule has 0 unspecified atom stereocenters. The highest BCUT2D eigenvalue weighted by Gasteiger charge is 2.25. The number of aromatic amines is 1. The summed E-state index contributed by atoms with van der Waals surface area (Å²) in [6, 6.07) is 13.5. The van der Waals surface area contributed by atoms with Gasteiger partial charge in [-0.1, -0.05) is 12.1 Å². The lowest BCUT2D eigenvalue weighted by Gasteiger charge is -2.21. The van der Waals surface area contributed by atoms with E-state index < -0.39 is 0 Å². The molecule has 2 N–H and O–H groups in total. The van der Waals surface area contributed by atoms with Crippen molar-refractivity contribution in [2.24, 2.45) is 0 Å². The van der Waals surface area contributed by atoms with Crippen molar-refractivity contribution in [3.63, 3.8) is 0 Å². The summed E-state index contributed by atoms with van der Waals surface area (Å²) in [7, 11) is 3.25. The third-order valence-corrected chi connectivity index (χ3v) is 4.38. The van der Waals surface area contributed by atoms with Crippen molar-refractivity contribution < 1.29 is 9.47 Å². The standard InChI is InChI=1S/C19H16N4O2/c1-24-16-7-13-14(8-17(16)25-2)21-10-15-18(13)19(23-22-15)12-5-3-11(9-20)4-6-12/h3-8,21H,10H2,1-2H3,(H,22,23). The van der Waals surface area contributed by atoms with Gasteiger partial charge in [0, 0.05) is 28.4 Å². The number of anilines is 1. The maximum absolute atomic E-state index is 8.98. The van der Waals surface area contributed by atoms with Crippen LogP contribution in [0.25, 0.3) is 22.4 Å².